The van der Waals surface area contributed by atoms with Gasteiger partial charge in [0, 0.05) is 5.56 Å². The maximum absolute atomic E-state index is 9.93. The summed E-state index contributed by atoms with van der Waals surface area (Å²) in [6.45, 7) is 4.15. The van der Waals surface area contributed by atoms with E-state index in [4.69, 9.17) is 20.9 Å². The predicted molar refractivity (Wildman–Crippen MR) is 102 cm³/mol. The molecule has 0 atom stereocenters. The summed E-state index contributed by atoms with van der Waals surface area (Å²) >= 11 is 6.03. The van der Waals surface area contributed by atoms with E-state index in [1.807, 2.05) is 37.3 Å². The van der Waals surface area contributed by atoms with Crippen LogP contribution in [0.5, 0.6) is 11.5 Å². The summed E-state index contributed by atoms with van der Waals surface area (Å²) in [7, 11) is 0. The van der Waals surface area contributed by atoms with E-state index in [-0.39, 0.29) is 28.0 Å². The van der Waals surface area contributed by atoms with Gasteiger partial charge in [0.1, 0.15) is 11.6 Å². The monoisotopic (exact) mass is 381 g/mol. The van der Waals surface area contributed by atoms with Crippen LogP contribution in [-0.2, 0) is 0 Å². The lowest BCUT2D eigenvalue weighted by atomic mass is 10.1. The quantitative estimate of drug-likeness (QED) is 0.634. The molecule has 0 fully saturated rings. The molecule has 2 aromatic carbocycles. The van der Waals surface area contributed by atoms with Crippen LogP contribution in [-0.4, -0.2) is 21.9 Å². The van der Waals surface area contributed by atoms with Gasteiger partial charge in [-0.05, 0) is 37.6 Å². The van der Waals surface area contributed by atoms with E-state index < -0.39 is 0 Å². The number of aromatic hydroxyl groups is 1. The molecule has 1 heterocycles. The molecular formula is C20H16ClN3O3. The van der Waals surface area contributed by atoms with Crippen molar-refractivity contribution in [3.8, 4) is 29.0 Å². The molecule has 7 heteroatoms. The lowest BCUT2D eigenvalue weighted by Gasteiger charge is -2.08. The summed E-state index contributed by atoms with van der Waals surface area (Å²) in [6.07, 6.45) is 1.54. The Kier molecular flexibility index (Phi) is 5.43. The van der Waals surface area contributed by atoms with Gasteiger partial charge in [-0.2, -0.15) is 10.2 Å². The van der Waals surface area contributed by atoms with Gasteiger partial charge in [0.2, 0.25) is 5.82 Å². The molecule has 0 aliphatic heterocycles. The molecule has 0 saturated carbocycles. The highest BCUT2D eigenvalue weighted by Crippen LogP contribution is 2.36. The highest BCUT2D eigenvalue weighted by molar-refractivity contribution is 6.32. The number of hydrogen-bond donors (Lipinski definition) is 1. The molecule has 3 aromatic rings. The van der Waals surface area contributed by atoms with E-state index in [0.29, 0.717) is 18.0 Å². The third-order valence-corrected chi connectivity index (χ3v) is 4.04. The summed E-state index contributed by atoms with van der Waals surface area (Å²) in [4.78, 5) is 4.29. The van der Waals surface area contributed by atoms with E-state index in [1.165, 1.54) is 6.07 Å². The van der Waals surface area contributed by atoms with Crippen molar-refractivity contribution in [2.75, 3.05) is 6.61 Å². The highest BCUT2D eigenvalue weighted by atomic mass is 35.5. The molecule has 3 rings (SSSR count). The smallest absolute Gasteiger partial charge is 0.268 e. The third kappa shape index (κ3) is 4.10. The van der Waals surface area contributed by atoms with Crippen LogP contribution in [0.25, 0.3) is 23.0 Å². The van der Waals surface area contributed by atoms with E-state index in [1.54, 1.807) is 19.1 Å². The lowest BCUT2D eigenvalue weighted by Crippen LogP contribution is -1.93. The summed E-state index contributed by atoms with van der Waals surface area (Å²) in [5.41, 5.74) is 2.64. The molecule has 0 bridgehead atoms. The molecule has 0 aliphatic rings. The zero-order chi connectivity index (χ0) is 19.4. The highest BCUT2D eigenvalue weighted by Gasteiger charge is 2.14. The minimum absolute atomic E-state index is 0.0928. The molecule has 136 valence electrons. The van der Waals surface area contributed by atoms with Gasteiger partial charge in [-0.1, -0.05) is 46.6 Å². The van der Waals surface area contributed by atoms with Crippen LogP contribution >= 0.6 is 11.6 Å². The van der Waals surface area contributed by atoms with Crippen LogP contribution in [0.15, 0.2) is 40.9 Å². The van der Waals surface area contributed by atoms with E-state index in [0.717, 1.165) is 11.1 Å². The van der Waals surface area contributed by atoms with Crippen molar-refractivity contribution < 1.29 is 14.4 Å². The van der Waals surface area contributed by atoms with Crippen molar-refractivity contribution in [3.63, 3.8) is 0 Å². The minimum atomic E-state index is -0.145. The fourth-order valence-electron chi connectivity index (χ4n) is 2.40. The largest absolute Gasteiger partial charge is 0.503 e. The second-order valence-electron chi connectivity index (χ2n) is 5.74. The number of aryl methyl sites for hydroxylation is 1. The number of aromatic nitrogens is 2. The first kappa shape index (κ1) is 18.5. The average molecular weight is 382 g/mol. The lowest BCUT2D eigenvalue weighted by molar-refractivity contribution is 0.318. The van der Waals surface area contributed by atoms with Crippen molar-refractivity contribution in [3.05, 3.63) is 58.4 Å². The number of phenols is 1. The minimum Gasteiger partial charge on any atom is -0.503 e. The van der Waals surface area contributed by atoms with Crippen LogP contribution in [0.2, 0.25) is 5.02 Å². The van der Waals surface area contributed by atoms with Gasteiger partial charge < -0.3 is 14.4 Å². The van der Waals surface area contributed by atoms with Crippen molar-refractivity contribution in [2.24, 2.45) is 0 Å². The van der Waals surface area contributed by atoms with Crippen LogP contribution in [0.3, 0.4) is 0 Å². The molecule has 6 nitrogen and oxygen atoms in total. The molecular weight excluding hydrogens is 366 g/mol. The number of nitrogens with zero attached hydrogens (tertiary/aromatic N) is 3. The Balaban J connectivity index is 1.96. The number of ether oxygens (including phenoxy) is 1. The molecule has 0 amide bonds. The van der Waals surface area contributed by atoms with Crippen LogP contribution in [0.1, 0.15) is 23.9 Å². The van der Waals surface area contributed by atoms with Gasteiger partial charge in [-0.15, -0.1) is 0 Å². The number of allylic oxidation sites excluding steroid dienone is 1. The topological polar surface area (TPSA) is 92.2 Å². The number of nitriles is 1. The number of benzene rings is 2. The van der Waals surface area contributed by atoms with Crippen molar-refractivity contribution >= 4 is 23.3 Å². The number of hydrogen-bond acceptors (Lipinski definition) is 6. The summed E-state index contributed by atoms with van der Waals surface area (Å²) in [5.74, 6) is 0.577. The Labute approximate surface area is 161 Å². The first-order chi connectivity index (χ1) is 13.0. The van der Waals surface area contributed by atoms with Gasteiger partial charge >= 0.3 is 0 Å². The average Bonchev–Trinajstić information content (AvgIpc) is 3.14. The Morgan fingerprint density at radius 2 is 2.07 bits per heavy atom. The number of halogens is 1. The normalized spacial score (nSPS) is 11.3. The van der Waals surface area contributed by atoms with Crippen LogP contribution in [0, 0.1) is 18.3 Å². The molecule has 0 aliphatic carbocycles. The Bertz CT molecular complexity index is 1030. The van der Waals surface area contributed by atoms with Gasteiger partial charge in [0.25, 0.3) is 5.89 Å². The van der Waals surface area contributed by atoms with E-state index in [2.05, 4.69) is 10.1 Å². The van der Waals surface area contributed by atoms with Gasteiger partial charge in [-0.25, -0.2) is 0 Å². The zero-order valence-corrected chi connectivity index (χ0v) is 15.5. The molecule has 0 unspecified atom stereocenters. The zero-order valence-electron chi connectivity index (χ0n) is 14.7. The fraction of sp³-hybridized carbons (Fsp3) is 0.150. The van der Waals surface area contributed by atoms with E-state index in [9.17, 15) is 10.4 Å². The van der Waals surface area contributed by atoms with Crippen molar-refractivity contribution in [1.82, 2.24) is 10.1 Å². The molecule has 0 spiro atoms. The SMILES string of the molecule is CCOc1cc(/C=C(/C#N)c2nc(-c3ccc(C)cc3)no2)cc(Cl)c1O. The van der Waals surface area contributed by atoms with E-state index >= 15 is 0 Å². The standard InChI is InChI=1S/C20H16ClN3O3/c1-3-26-17-10-13(9-16(21)18(17)25)8-15(11-22)20-23-19(24-27-20)14-6-4-12(2)5-7-14/h4-10,25H,3H2,1-2H3/b15-8-. The first-order valence-electron chi connectivity index (χ1n) is 8.20. The molecule has 0 saturated heterocycles. The summed E-state index contributed by atoms with van der Waals surface area (Å²) in [5, 5.41) is 23.5. The van der Waals surface area contributed by atoms with Crippen LogP contribution < -0.4 is 4.74 Å². The Morgan fingerprint density at radius 1 is 1.33 bits per heavy atom. The first-order valence-corrected chi connectivity index (χ1v) is 8.58. The summed E-state index contributed by atoms with van der Waals surface area (Å²) in [6, 6.07) is 12.8. The predicted octanol–water partition coefficient (Wildman–Crippen LogP) is 4.87. The Hall–Kier alpha value is -3.30. The fourth-order valence-corrected chi connectivity index (χ4v) is 2.62. The van der Waals surface area contributed by atoms with Crippen LogP contribution in [0.4, 0.5) is 0 Å². The number of phenolic OH excluding ortho intramolecular Hbond substituents is 1. The molecule has 27 heavy (non-hydrogen) atoms. The van der Waals surface area contributed by atoms with Gasteiger partial charge in [-0.3, -0.25) is 0 Å². The maximum Gasteiger partial charge on any atom is 0.268 e. The molecule has 0 radical (unpaired) electrons. The van der Waals surface area contributed by atoms with Crippen molar-refractivity contribution in [1.29, 1.82) is 5.26 Å². The maximum atomic E-state index is 9.93. The molecule has 1 N–H and O–H groups in total. The summed E-state index contributed by atoms with van der Waals surface area (Å²) < 4.78 is 10.6. The Morgan fingerprint density at radius 3 is 2.74 bits per heavy atom. The third-order valence-electron chi connectivity index (χ3n) is 3.75. The van der Waals surface area contributed by atoms with Gasteiger partial charge in [0.15, 0.2) is 11.5 Å². The van der Waals surface area contributed by atoms with Crippen molar-refractivity contribution in [2.45, 2.75) is 13.8 Å². The van der Waals surface area contributed by atoms with Gasteiger partial charge in [0.05, 0.1) is 11.6 Å². The second kappa shape index (κ2) is 7.94. The molecule has 1 aromatic heterocycles. The second-order valence-corrected chi connectivity index (χ2v) is 6.15. The number of rotatable bonds is 5.